The zero-order chi connectivity index (χ0) is 9.47. The number of aliphatic carboxylic acids is 1. The van der Waals surface area contributed by atoms with Crippen LogP contribution in [0.4, 0.5) is 0 Å². The van der Waals surface area contributed by atoms with Gasteiger partial charge < -0.3 is 5.11 Å². The summed E-state index contributed by atoms with van der Waals surface area (Å²) in [5.74, 6) is 0.252. The van der Waals surface area contributed by atoms with Gasteiger partial charge in [0.25, 0.3) is 0 Å². The highest BCUT2D eigenvalue weighted by molar-refractivity contribution is 5.74. The number of carbonyl (C=O) groups is 1. The fraction of sp³-hybridized carbons (Fsp3) is 0.909. The van der Waals surface area contributed by atoms with E-state index in [1.54, 1.807) is 0 Å². The maximum Gasteiger partial charge on any atom is 0.307 e. The van der Waals surface area contributed by atoms with E-state index in [1.165, 1.54) is 19.3 Å². The lowest BCUT2D eigenvalue weighted by molar-refractivity contribution is -0.139. The number of hydrogen-bond donors (Lipinski definition) is 1. The van der Waals surface area contributed by atoms with Crippen LogP contribution in [0.15, 0.2) is 0 Å². The summed E-state index contributed by atoms with van der Waals surface area (Å²) >= 11 is 0. The van der Waals surface area contributed by atoms with Crippen molar-refractivity contribution in [3.8, 4) is 0 Å². The molecule has 74 valence electrons. The van der Waals surface area contributed by atoms with E-state index in [2.05, 4.69) is 6.92 Å². The lowest BCUT2D eigenvalue weighted by atomic mass is 9.93. The molecular formula is C11H18O2. The van der Waals surface area contributed by atoms with Crippen LogP contribution in [0.3, 0.4) is 0 Å². The number of hydrogen-bond acceptors (Lipinski definition) is 1. The normalized spacial score (nSPS) is 44.4. The lowest BCUT2D eigenvalue weighted by Crippen LogP contribution is -2.09. The first-order valence-electron chi connectivity index (χ1n) is 5.37. The van der Waals surface area contributed by atoms with Crippen LogP contribution in [0.2, 0.25) is 0 Å². The van der Waals surface area contributed by atoms with Gasteiger partial charge in [0, 0.05) is 0 Å². The van der Waals surface area contributed by atoms with Crippen LogP contribution in [0, 0.1) is 17.3 Å². The molecule has 0 heterocycles. The van der Waals surface area contributed by atoms with Gasteiger partial charge in [-0.3, -0.25) is 4.79 Å². The molecule has 0 aromatic carbocycles. The Balaban J connectivity index is 1.98. The molecule has 3 unspecified atom stereocenters. The van der Waals surface area contributed by atoms with Crippen molar-refractivity contribution in [3.05, 3.63) is 0 Å². The largest absolute Gasteiger partial charge is 0.481 e. The minimum atomic E-state index is -0.561. The van der Waals surface area contributed by atoms with Gasteiger partial charge in [-0.25, -0.2) is 0 Å². The molecule has 2 rings (SSSR count). The molecular weight excluding hydrogens is 164 g/mol. The van der Waals surface area contributed by atoms with Crippen LogP contribution in [0.1, 0.15) is 45.4 Å². The summed E-state index contributed by atoms with van der Waals surface area (Å²) in [6.45, 7) is 2.29. The summed E-state index contributed by atoms with van der Waals surface area (Å²) in [6, 6.07) is 0. The molecule has 0 amide bonds. The van der Waals surface area contributed by atoms with E-state index in [9.17, 15) is 4.79 Å². The van der Waals surface area contributed by atoms with Gasteiger partial charge in [0.1, 0.15) is 0 Å². The monoisotopic (exact) mass is 182 g/mol. The third-order valence-electron chi connectivity index (χ3n) is 3.99. The molecule has 2 fully saturated rings. The standard InChI is InChI=1S/C11H18O2/c1-8-3-2-5-11(6-4-8)7-9(11)10(12)13/h8-9H,2-7H2,1H3,(H,12,13). The van der Waals surface area contributed by atoms with Crippen LogP contribution >= 0.6 is 0 Å². The minimum absolute atomic E-state index is 0.00204. The highest BCUT2D eigenvalue weighted by atomic mass is 16.4. The Labute approximate surface area is 79.3 Å². The van der Waals surface area contributed by atoms with Crippen molar-refractivity contribution in [2.24, 2.45) is 17.3 Å². The van der Waals surface area contributed by atoms with E-state index in [0.29, 0.717) is 0 Å². The molecule has 2 heteroatoms. The highest BCUT2D eigenvalue weighted by Crippen LogP contribution is 2.61. The minimum Gasteiger partial charge on any atom is -0.481 e. The maximum atomic E-state index is 10.8. The Hall–Kier alpha value is -0.530. The van der Waals surface area contributed by atoms with Crippen molar-refractivity contribution in [2.45, 2.75) is 45.4 Å². The fourth-order valence-electron chi connectivity index (χ4n) is 2.86. The number of rotatable bonds is 1. The first-order chi connectivity index (χ1) is 6.14. The Morgan fingerprint density at radius 2 is 2.15 bits per heavy atom. The Morgan fingerprint density at radius 3 is 2.77 bits per heavy atom. The molecule has 1 spiro atoms. The van der Waals surface area contributed by atoms with Crippen molar-refractivity contribution in [1.29, 1.82) is 0 Å². The molecule has 0 aliphatic heterocycles. The summed E-state index contributed by atoms with van der Waals surface area (Å²) in [5, 5.41) is 8.93. The van der Waals surface area contributed by atoms with Crippen LogP contribution < -0.4 is 0 Å². The molecule has 0 saturated heterocycles. The first kappa shape index (κ1) is 9.04. The third kappa shape index (κ3) is 1.59. The summed E-state index contributed by atoms with van der Waals surface area (Å²) in [4.78, 5) is 10.8. The van der Waals surface area contributed by atoms with Crippen molar-refractivity contribution in [3.63, 3.8) is 0 Å². The molecule has 2 aliphatic carbocycles. The molecule has 0 radical (unpaired) electrons. The second-order valence-electron chi connectivity index (χ2n) is 4.99. The average Bonchev–Trinajstić information content (AvgIpc) is 2.79. The number of carboxylic acids is 1. The van der Waals surface area contributed by atoms with Crippen LogP contribution in [0.5, 0.6) is 0 Å². The third-order valence-corrected chi connectivity index (χ3v) is 3.99. The molecule has 1 N–H and O–H groups in total. The zero-order valence-corrected chi connectivity index (χ0v) is 8.25. The molecule has 3 atom stereocenters. The molecule has 0 bridgehead atoms. The number of carboxylic acid groups (broad SMARTS) is 1. The Kier molecular flexibility index (Phi) is 2.09. The van der Waals surface area contributed by atoms with E-state index in [0.717, 1.165) is 25.2 Å². The Morgan fingerprint density at radius 1 is 1.38 bits per heavy atom. The smallest absolute Gasteiger partial charge is 0.307 e. The van der Waals surface area contributed by atoms with E-state index in [4.69, 9.17) is 5.11 Å². The van der Waals surface area contributed by atoms with Gasteiger partial charge in [0.15, 0.2) is 0 Å². The van der Waals surface area contributed by atoms with Gasteiger partial charge in [0.2, 0.25) is 0 Å². The van der Waals surface area contributed by atoms with Gasteiger partial charge in [-0.2, -0.15) is 0 Å². The molecule has 2 aliphatic rings. The predicted molar refractivity (Wildman–Crippen MR) is 50.4 cm³/mol. The van der Waals surface area contributed by atoms with E-state index >= 15 is 0 Å². The molecule has 0 aromatic heterocycles. The molecule has 2 saturated carbocycles. The molecule has 13 heavy (non-hydrogen) atoms. The zero-order valence-electron chi connectivity index (χ0n) is 8.25. The molecule has 2 nitrogen and oxygen atoms in total. The van der Waals surface area contributed by atoms with Crippen molar-refractivity contribution >= 4 is 5.97 Å². The van der Waals surface area contributed by atoms with E-state index < -0.39 is 5.97 Å². The summed E-state index contributed by atoms with van der Waals surface area (Å²) in [7, 11) is 0. The Bertz CT molecular complexity index is 224. The van der Waals surface area contributed by atoms with E-state index in [1.807, 2.05) is 0 Å². The van der Waals surface area contributed by atoms with Gasteiger partial charge in [-0.1, -0.05) is 26.2 Å². The summed E-state index contributed by atoms with van der Waals surface area (Å²) < 4.78 is 0. The maximum absolute atomic E-state index is 10.8. The lowest BCUT2D eigenvalue weighted by Gasteiger charge is -2.11. The van der Waals surface area contributed by atoms with Gasteiger partial charge in [-0.15, -0.1) is 0 Å². The SMILES string of the molecule is CC1CCCC2(CC1)CC2C(=O)O. The van der Waals surface area contributed by atoms with Crippen LogP contribution in [-0.4, -0.2) is 11.1 Å². The summed E-state index contributed by atoms with van der Waals surface area (Å²) in [6.07, 6.45) is 7.05. The van der Waals surface area contributed by atoms with Crippen molar-refractivity contribution in [2.75, 3.05) is 0 Å². The fourth-order valence-corrected chi connectivity index (χ4v) is 2.86. The topological polar surface area (TPSA) is 37.3 Å². The summed E-state index contributed by atoms with van der Waals surface area (Å²) in [5.41, 5.74) is 0.233. The second kappa shape index (κ2) is 3.00. The quantitative estimate of drug-likeness (QED) is 0.677. The van der Waals surface area contributed by atoms with Crippen LogP contribution in [0.25, 0.3) is 0 Å². The van der Waals surface area contributed by atoms with Gasteiger partial charge >= 0.3 is 5.97 Å². The van der Waals surface area contributed by atoms with Gasteiger partial charge in [0.05, 0.1) is 5.92 Å². The average molecular weight is 182 g/mol. The first-order valence-corrected chi connectivity index (χ1v) is 5.37. The van der Waals surface area contributed by atoms with E-state index in [-0.39, 0.29) is 11.3 Å². The van der Waals surface area contributed by atoms with Crippen LogP contribution in [-0.2, 0) is 4.79 Å². The second-order valence-corrected chi connectivity index (χ2v) is 4.99. The van der Waals surface area contributed by atoms with Gasteiger partial charge in [-0.05, 0) is 30.6 Å². The van der Waals surface area contributed by atoms with Crippen molar-refractivity contribution < 1.29 is 9.90 Å². The molecule has 0 aromatic rings. The highest BCUT2D eigenvalue weighted by Gasteiger charge is 2.57. The van der Waals surface area contributed by atoms with Crippen molar-refractivity contribution in [1.82, 2.24) is 0 Å². The predicted octanol–water partition coefficient (Wildman–Crippen LogP) is 2.68.